The number of phenolic OH excluding ortho intramolecular Hbond substituents is 1. The van der Waals surface area contributed by atoms with Crippen LogP contribution in [0.2, 0.25) is 0 Å². The number of aromatic hydroxyl groups is 1. The van der Waals surface area contributed by atoms with Crippen LogP contribution in [0.1, 0.15) is 5.56 Å². The van der Waals surface area contributed by atoms with E-state index in [9.17, 15) is 50.8 Å². The summed E-state index contributed by atoms with van der Waals surface area (Å²) in [5.41, 5.74) is 0.601. The molecular weight excluding hydrogens is 1070 g/mol. The number of carbonyl (C=O) groups is 1. The normalized spacial score (nSPS) is 32.2. The minimum Gasteiger partial charge on any atom is -0.506 e. The van der Waals surface area contributed by atoms with Crippen LogP contribution in [0.4, 0.5) is 0 Å². The van der Waals surface area contributed by atoms with Gasteiger partial charge >= 0.3 is 5.97 Å². The molecule has 0 aromatic heterocycles. The lowest BCUT2D eigenvalue weighted by Crippen LogP contribution is -2.67. The Morgan fingerprint density at radius 3 is 1.93 bits per heavy atom. The summed E-state index contributed by atoms with van der Waals surface area (Å²) in [6, 6.07) is 5.52. The number of aliphatic hydroxyl groups excluding tert-OH is 7. The Balaban J connectivity index is 1.46. The number of ether oxygens (including phenoxy) is 4. The molecule has 256 valence electrons. The van der Waals surface area contributed by atoms with Crippen molar-refractivity contribution in [1.82, 2.24) is 5.32 Å². The van der Waals surface area contributed by atoms with Gasteiger partial charge in [0.15, 0.2) is 12.0 Å². The molecule has 15 nitrogen and oxygen atoms in total. The van der Waals surface area contributed by atoms with Crippen molar-refractivity contribution in [3.63, 3.8) is 0 Å². The number of carboxylic acid groups (broad SMARTS) is 1. The molecule has 4 rings (SSSR count). The van der Waals surface area contributed by atoms with E-state index in [2.05, 4.69) is 50.5 Å². The number of carboxylic acids is 1. The standard InChI is InChI=1S/C27H31I4NO14/c28-10-4-9(5-11(29)17(10)35)43-23-12(30)1-8(2-13(23)31)3-14(26(41)42)32-25-21(39)20(38)24(16(7-34)44-25)46-27-22(40)19(37)18(36)15(6-33)45-27/h1-2,4-5,14-16,18-22,24-25,27,32-40H,3,6-7H2,(H,41,42)/t14-,15+,16+,18+,19-,20+,21+,22+,24+,25+,27-/m0/s1. The van der Waals surface area contributed by atoms with Gasteiger partial charge in [0.25, 0.3) is 0 Å². The second-order valence-electron chi connectivity index (χ2n) is 10.5. The maximum atomic E-state index is 12.3. The minimum atomic E-state index is -1.82. The van der Waals surface area contributed by atoms with Gasteiger partial charge in [0.1, 0.15) is 72.6 Å². The third kappa shape index (κ3) is 8.82. The Morgan fingerprint density at radius 2 is 1.39 bits per heavy atom. The molecule has 46 heavy (non-hydrogen) atoms. The number of aliphatic carboxylic acids is 1. The highest BCUT2D eigenvalue weighted by Gasteiger charge is 2.50. The summed E-state index contributed by atoms with van der Waals surface area (Å²) in [4.78, 5) is 12.3. The van der Waals surface area contributed by atoms with E-state index in [0.717, 1.165) is 0 Å². The summed E-state index contributed by atoms with van der Waals surface area (Å²) in [5, 5.41) is 94.3. The predicted molar refractivity (Wildman–Crippen MR) is 190 cm³/mol. The topological polar surface area (TPSA) is 248 Å². The van der Waals surface area contributed by atoms with Crippen LogP contribution in [0.15, 0.2) is 24.3 Å². The van der Waals surface area contributed by atoms with E-state index in [0.29, 0.717) is 31.3 Å². The average Bonchev–Trinajstić information content (AvgIpc) is 3.00. The summed E-state index contributed by atoms with van der Waals surface area (Å²) in [6.07, 6.45) is -16.3. The number of rotatable bonds is 11. The van der Waals surface area contributed by atoms with Crippen LogP contribution < -0.4 is 10.1 Å². The maximum Gasteiger partial charge on any atom is 0.321 e. The fraction of sp³-hybridized carbons (Fsp3) is 0.519. The Kier molecular flexibility index (Phi) is 14.2. The highest BCUT2D eigenvalue weighted by molar-refractivity contribution is 14.1. The monoisotopic (exact) mass is 1100 g/mol. The highest BCUT2D eigenvalue weighted by atomic mass is 127. The maximum absolute atomic E-state index is 12.3. The number of nitrogens with one attached hydrogen (secondary N) is 1. The van der Waals surface area contributed by atoms with E-state index in [-0.39, 0.29) is 12.2 Å². The molecule has 0 saturated carbocycles. The molecule has 0 spiro atoms. The van der Waals surface area contributed by atoms with E-state index in [1.165, 1.54) is 0 Å². The van der Waals surface area contributed by atoms with Crippen molar-refractivity contribution >= 4 is 96.3 Å². The number of benzene rings is 2. The first-order chi connectivity index (χ1) is 21.7. The first-order valence-corrected chi connectivity index (χ1v) is 17.9. The fourth-order valence-electron chi connectivity index (χ4n) is 4.93. The third-order valence-corrected chi connectivity index (χ3v) is 10.6. The summed E-state index contributed by atoms with van der Waals surface area (Å²) in [5.74, 6) is -0.0895. The van der Waals surface area contributed by atoms with E-state index < -0.39 is 86.6 Å². The van der Waals surface area contributed by atoms with Crippen LogP contribution in [-0.4, -0.2) is 133 Å². The lowest BCUT2D eigenvalue weighted by molar-refractivity contribution is -0.343. The largest absolute Gasteiger partial charge is 0.506 e. The summed E-state index contributed by atoms with van der Waals surface area (Å²) in [7, 11) is 0. The summed E-state index contributed by atoms with van der Waals surface area (Å²) in [6.45, 7) is -1.49. The van der Waals surface area contributed by atoms with Crippen molar-refractivity contribution in [2.45, 2.75) is 73.8 Å². The number of hydrogen-bond acceptors (Lipinski definition) is 14. The van der Waals surface area contributed by atoms with Crippen molar-refractivity contribution in [3.8, 4) is 17.2 Å². The number of hydrogen-bond donors (Lipinski definition) is 10. The minimum absolute atomic E-state index is 0.0755. The van der Waals surface area contributed by atoms with Gasteiger partial charge in [-0.1, -0.05) is 0 Å². The first kappa shape index (κ1) is 38.8. The lowest BCUT2D eigenvalue weighted by atomic mass is 9.96. The van der Waals surface area contributed by atoms with Gasteiger partial charge in [-0.05, 0) is 127 Å². The highest BCUT2D eigenvalue weighted by Crippen LogP contribution is 2.37. The SMILES string of the molecule is O=C(O)[C@H](Cc1cc(I)c(Oc2cc(I)c(O)c(I)c2)c(I)c1)N[C@@H]1O[C@H](CO)[C@@H](O[C@@H]2O[C@H](CO)[C@@H](O)[C@H](O)[C@H]2O)[C@H](O)[C@H]1O. The number of halogens is 4. The summed E-state index contributed by atoms with van der Waals surface area (Å²) >= 11 is 8.13. The molecule has 11 atom stereocenters. The van der Waals surface area contributed by atoms with Gasteiger partial charge in [-0.2, -0.15) is 0 Å². The molecule has 0 aliphatic carbocycles. The van der Waals surface area contributed by atoms with E-state index >= 15 is 0 Å². The molecule has 0 unspecified atom stereocenters. The second-order valence-corrected chi connectivity index (χ2v) is 15.2. The van der Waals surface area contributed by atoms with Gasteiger partial charge < -0.3 is 64.9 Å². The zero-order valence-electron chi connectivity index (χ0n) is 23.4. The van der Waals surface area contributed by atoms with Crippen LogP contribution in [0.5, 0.6) is 17.2 Å². The van der Waals surface area contributed by atoms with Crippen LogP contribution >= 0.6 is 90.4 Å². The Hall–Kier alpha value is -0.0100. The molecule has 2 aliphatic rings. The molecule has 0 amide bonds. The molecule has 2 saturated heterocycles. The van der Waals surface area contributed by atoms with Gasteiger partial charge in [0.05, 0.1) is 27.5 Å². The van der Waals surface area contributed by atoms with Crippen LogP contribution in [0, 0.1) is 14.3 Å². The van der Waals surface area contributed by atoms with E-state index in [1.54, 1.807) is 24.3 Å². The molecule has 19 heteroatoms. The molecule has 2 fully saturated rings. The Labute approximate surface area is 316 Å². The molecule has 2 aromatic carbocycles. The number of phenols is 1. The van der Waals surface area contributed by atoms with E-state index in [4.69, 9.17) is 18.9 Å². The Morgan fingerprint density at radius 1 is 0.804 bits per heavy atom. The van der Waals surface area contributed by atoms with Crippen molar-refractivity contribution in [2.75, 3.05) is 13.2 Å². The van der Waals surface area contributed by atoms with Crippen molar-refractivity contribution in [1.29, 1.82) is 0 Å². The predicted octanol–water partition coefficient (Wildman–Crippen LogP) is -0.188. The lowest BCUT2D eigenvalue weighted by Gasteiger charge is -2.46. The first-order valence-electron chi connectivity index (χ1n) is 13.6. The molecule has 2 aromatic rings. The van der Waals surface area contributed by atoms with Crippen molar-refractivity contribution in [3.05, 3.63) is 44.1 Å². The van der Waals surface area contributed by atoms with Gasteiger partial charge in [-0.3, -0.25) is 10.1 Å². The zero-order chi connectivity index (χ0) is 34.0. The number of aliphatic hydroxyl groups is 7. The van der Waals surface area contributed by atoms with Crippen molar-refractivity contribution in [2.24, 2.45) is 0 Å². The molecule has 10 N–H and O–H groups in total. The fourth-order valence-corrected chi connectivity index (χ4v) is 8.75. The zero-order valence-corrected chi connectivity index (χ0v) is 32.0. The summed E-state index contributed by atoms with van der Waals surface area (Å²) < 4.78 is 25.2. The molecule has 2 heterocycles. The molecule has 2 aliphatic heterocycles. The third-order valence-electron chi connectivity index (χ3n) is 7.38. The molecular formula is C27H31I4NO14. The van der Waals surface area contributed by atoms with Crippen LogP contribution in [0.25, 0.3) is 0 Å². The average molecular weight is 1100 g/mol. The van der Waals surface area contributed by atoms with Gasteiger partial charge in [-0.25, -0.2) is 0 Å². The van der Waals surface area contributed by atoms with Gasteiger partial charge in [0, 0.05) is 0 Å². The molecule has 0 radical (unpaired) electrons. The molecule has 0 bridgehead atoms. The van der Waals surface area contributed by atoms with E-state index in [1.807, 2.05) is 45.2 Å². The van der Waals surface area contributed by atoms with Gasteiger partial charge in [-0.15, -0.1) is 0 Å². The Bertz CT molecular complexity index is 1340. The quantitative estimate of drug-likeness (QED) is 0.131. The smallest absolute Gasteiger partial charge is 0.321 e. The van der Waals surface area contributed by atoms with Crippen molar-refractivity contribution < 1.29 is 69.7 Å². The second kappa shape index (κ2) is 16.8. The van der Waals surface area contributed by atoms with Crippen LogP contribution in [0.3, 0.4) is 0 Å². The van der Waals surface area contributed by atoms with Gasteiger partial charge in [0.2, 0.25) is 0 Å². The van der Waals surface area contributed by atoms with Crippen LogP contribution in [-0.2, 0) is 25.4 Å².